The predicted octanol–water partition coefficient (Wildman–Crippen LogP) is 5.31. The van der Waals surface area contributed by atoms with E-state index in [1.165, 1.54) is 11.1 Å². The molecule has 0 radical (unpaired) electrons. The van der Waals surface area contributed by atoms with Crippen molar-refractivity contribution in [3.05, 3.63) is 71.2 Å². The van der Waals surface area contributed by atoms with Gasteiger partial charge in [-0.25, -0.2) is 4.98 Å². The van der Waals surface area contributed by atoms with Gasteiger partial charge >= 0.3 is 0 Å². The lowest BCUT2D eigenvalue weighted by molar-refractivity contribution is 0.867. The zero-order valence-corrected chi connectivity index (χ0v) is 15.3. The number of nitrogens with two attached hydrogens (primary N) is 1. The van der Waals surface area contributed by atoms with Crippen LogP contribution in [0.4, 0.5) is 0 Å². The van der Waals surface area contributed by atoms with Crippen molar-refractivity contribution >= 4 is 16.3 Å². The Morgan fingerprint density at radius 1 is 1.00 bits per heavy atom. The van der Waals surface area contributed by atoms with Crippen LogP contribution in [0.25, 0.3) is 27.5 Å². The standard InChI is InChI=1S/C21H21N3S/c1-14(2)15-8-10-17(11-9-15)20-18(12-22)24-19(13-25-21(24)23-20)16-6-4-3-5-7-16/h3-11,13-14H,12,22H2,1-2H3. The van der Waals surface area contributed by atoms with Crippen LogP contribution in [-0.4, -0.2) is 9.38 Å². The van der Waals surface area contributed by atoms with E-state index in [9.17, 15) is 0 Å². The summed E-state index contributed by atoms with van der Waals surface area (Å²) in [6.07, 6.45) is 0. The first-order chi connectivity index (χ1) is 12.2. The van der Waals surface area contributed by atoms with E-state index in [0.717, 1.165) is 27.6 Å². The van der Waals surface area contributed by atoms with Gasteiger partial charge in [0.05, 0.1) is 17.1 Å². The SMILES string of the molecule is CC(C)c1ccc(-c2nc3scc(-c4ccccc4)n3c2CN)cc1. The number of benzene rings is 2. The summed E-state index contributed by atoms with van der Waals surface area (Å²) < 4.78 is 2.20. The minimum Gasteiger partial charge on any atom is -0.325 e. The van der Waals surface area contributed by atoms with Crippen LogP contribution in [-0.2, 0) is 6.54 Å². The first-order valence-corrected chi connectivity index (χ1v) is 9.41. The molecule has 2 heterocycles. The number of hydrogen-bond donors (Lipinski definition) is 1. The highest BCUT2D eigenvalue weighted by atomic mass is 32.1. The van der Waals surface area contributed by atoms with Crippen LogP contribution in [0.15, 0.2) is 60.0 Å². The number of hydrogen-bond acceptors (Lipinski definition) is 3. The summed E-state index contributed by atoms with van der Waals surface area (Å²) in [5.74, 6) is 0.526. The molecule has 2 aromatic heterocycles. The minimum absolute atomic E-state index is 0.457. The molecule has 2 N–H and O–H groups in total. The first-order valence-electron chi connectivity index (χ1n) is 8.53. The number of thiazole rings is 1. The Kier molecular flexibility index (Phi) is 4.15. The van der Waals surface area contributed by atoms with Gasteiger partial charge in [-0.1, -0.05) is 68.4 Å². The molecule has 4 heteroatoms. The second-order valence-electron chi connectivity index (χ2n) is 6.49. The van der Waals surface area contributed by atoms with Gasteiger partial charge in [-0.15, -0.1) is 11.3 Å². The van der Waals surface area contributed by atoms with Gasteiger partial charge in [-0.2, -0.15) is 0 Å². The Balaban J connectivity index is 1.87. The molecule has 0 atom stereocenters. The maximum absolute atomic E-state index is 6.13. The van der Waals surface area contributed by atoms with Crippen LogP contribution >= 0.6 is 11.3 Å². The van der Waals surface area contributed by atoms with Gasteiger partial charge < -0.3 is 5.73 Å². The van der Waals surface area contributed by atoms with Gasteiger partial charge in [0.2, 0.25) is 0 Å². The van der Waals surface area contributed by atoms with Crippen molar-refractivity contribution in [1.82, 2.24) is 9.38 Å². The molecule has 0 aliphatic carbocycles. The molecule has 0 fully saturated rings. The Bertz CT molecular complexity index is 995. The number of aromatic nitrogens is 2. The van der Waals surface area contributed by atoms with E-state index in [1.807, 2.05) is 6.07 Å². The molecule has 4 aromatic rings. The highest BCUT2D eigenvalue weighted by Crippen LogP contribution is 2.33. The number of fused-ring (bicyclic) bond motifs is 1. The van der Waals surface area contributed by atoms with E-state index >= 15 is 0 Å². The zero-order chi connectivity index (χ0) is 17.4. The third-order valence-electron chi connectivity index (χ3n) is 4.57. The monoisotopic (exact) mass is 347 g/mol. The fraction of sp³-hybridized carbons (Fsp3) is 0.190. The predicted molar refractivity (Wildman–Crippen MR) is 106 cm³/mol. The molecule has 0 saturated carbocycles. The Morgan fingerprint density at radius 3 is 2.36 bits per heavy atom. The smallest absolute Gasteiger partial charge is 0.195 e. The van der Waals surface area contributed by atoms with E-state index in [0.29, 0.717) is 12.5 Å². The van der Waals surface area contributed by atoms with Gasteiger partial charge in [0.25, 0.3) is 0 Å². The van der Waals surface area contributed by atoms with E-state index in [2.05, 4.69) is 72.2 Å². The molecule has 0 aliphatic heterocycles. The Morgan fingerprint density at radius 2 is 1.72 bits per heavy atom. The van der Waals surface area contributed by atoms with Gasteiger partial charge in [-0.05, 0) is 17.0 Å². The number of rotatable bonds is 4. The Labute approximate surface area is 151 Å². The molecule has 0 aliphatic rings. The highest BCUT2D eigenvalue weighted by Gasteiger charge is 2.17. The lowest BCUT2D eigenvalue weighted by Gasteiger charge is -2.08. The second kappa shape index (κ2) is 6.47. The number of nitrogens with zero attached hydrogens (tertiary/aromatic N) is 2. The van der Waals surface area contributed by atoms with Crippen LogP contribution in [0.2, 0.25) is 0 Å². The minimum atomic E-state index is 0.457. The third-order valence-corrected chi connectivity index (χ3v) is 5.40. The van der Waals surface area contributed by atoms with E-state index < -0.39 is 0 Å². The lowest BCUT2D eigenvalue weighted by atomic mass is 10.0. The molecule has 0 amide bonds. The van der Waals surface area contributed by atoms with Gasteiger partial charge in [0.15, 0.2) is 4.96 Å². The van der Waals surface area contributed by atoms with E-state index in [-0.39, 0.29) is 0 Å². The van der Waals surface area contributed by atoms with Crippen molar-refractivity contribution in [2.75, 3.05) is 0 Å². The molecule has 0 bridgehead atoms. The van der Waals surface area contributed by atoms with Crippen molar-refractivity contribution < 1.29 is 0 Å². The van der Waals surface area contributed by atoms with Crippen LogP contribution in [0.1, 0.15) is 31.0 Å². The number of imidazole rings is 1. The lowest BCUT2D eigenvalue weighted by Crippen LogP contribution is -2.03. The third kappa shape index (κ3) is 2.77. The van der Waals surface area contributed by atoms with Gasteiger partial charge in [0.1, 0.15) is 0 Å². The fourth-order valence-corrected chi connectivity index (χ4v) is 4.09. The summed E-state index contributed by atoms with van der Waals surface area (Å²) in [6.45, 7) is 4.87. The van der Waals surface area contributed by atoms with E-state index in [1.54, 1.807) is 11.3 Å². The second-order valence-corrected chi connectivity index (χ2v) is 7.33. The quantitative estimate of drug-likeness (QED) is 0.543. The molecule has 0 saturated heterocycles. The van der Waals surface area contributed by atoms with Crippen LogP contribution < -0.4 is 5.73 Å². The normalized spacial score (nSPS) is 11.5. The topological polar surface area (TPSA) is 43.3 Å². The van der Waals surface area contributed by atoms with Crippen molar-refractivity contribution in [2.45, 2.75) is 26.3 Å². The molecular weight excluding hydrogens is 326 g/mol. The average molecular weight is 347 g/mol. The Hall–Kier alpha value is -2.43. The molecule has 0 unspecified atom stereocenters. The zero-order valence-electron chi connectivity index (χ0n) is 14.4. The summed E-state index contributed by atoms with van der Waals surface area (Å²) in [5.41, 5.74) is 13.0. The fourth-order valence-electron chi connectivity index (χ4n) is 3.17. The van der Waals surface area contributed by atoms with Gasteiger partial charge in [-0.3, -0.25) is 4.40 Å². The first kappa shape index (κ1) is 16.1. The maximum Gasteiger partial charge on any atom is 0.195 e. The molecule has 25 heavy (non-hydrogen) atoms. The maximum atomic E-state index is 6.13. The summed E-state index contributed by atoms with van der Waals surface area (Å²) in [7, 11) is 0. The highest BCUT2D eigenvalue weighted by molar-refractivity contribution is 7.15. The molecule has 0 spiro atoms. The molecule has 4 rings (SSSR count). The van der Waals surface area contributed by atoms with E-state index in [4.69, 9.17) is 10.7 Å². The van der Waals surface area contributed by atoms with Crippen LogP contribution in [0, 0.1) is 0 Å². The molecule has 3 nitrogen and oxygen atoms in total. The molecule has 126 valence electrons. The largest absolute Gasteiger partial charge is 0.325 e. The molecule has 2 aromatic carbocycles. The average Bonchev–Trinajstić information content (AvgIpc) is 3.21. The van der Waals surface area contributed by atoms with Crippen molar-refractivity contribution in [3.8, 4) is 22.5 Å². The van der Waals surface area contributed by atoms with Crippen LogP contribution in [0.5, 0.6) is 0 Å². The van der Waals surface area contributed by atoms with Crippen molar-refractivity contribution in [1.29, 1.82) is 0 Å². The summed E-state index contributed by atoms with van der Waals surface area (Å²) in [4.78, 5) is 5.86. The van der Waals surface area contributed by atoms with Crippen molar-refractivity contribution in [3.63, 3.8) is 0 Å². The van der Waals surface area contributed by atoms with Crippen molar-refractivity contribution in [2.24, 2.45) is 5.73 Å². The van der Waals surface area contributed by atoms with Gasteiger partial charge in [0, 0.05) is 17.5 Å². The van der Waals surface area contributed by atoms with Crippen LogP contribution in [0.3, 0.4) is 0 Å². The summed E-state index contributed by atoms with van der Waals surface area (Å²) in [5, 5.41) is 2.16. The summed E-state index contributed by atoms with van der Waals surface area (Å²) >= 11 is 1.66. The summed E-state index contributed by atoms with van der Waals surface area (Å²) in [6, 6.07) is 19.1. The molecular formula is C21H21N3S.